The van der Waals surface area contributed by atoms with Gasteiger partial charge in [-0.15, -0.1) is 0 Å². The van der Waals surface area contributed by atoms with E-state index in [1.807, 2.05) is 0 Å². The number of primary amides is 2. The van der Waals surface area contributed by atoms with E-state index in [2.05, 4.69) is 15.9 Å². The molecule has 0 aromatic heterocycles. The minimum Gasteiger partial charge on any atom is -0.495 e. The summed E-state index contributed by atoms with van der Waals surface area (Å²) >= 11 is 4.93. The number of benzene rings is 1. The summed E-state index contributed by atoms with van der Waals surface area (Å²) in [7, 11) is 2.55. The van der Waals surface area contributed by atoms with Crippen molar-refractivity contribution in [2.45, 2.75) is 0 Å². The lowest BCUT2D eigenvalue weighted by molar-refractivity contribution is -0.120. The van der Waals surface area contributed by atoms with E-state index in [9.17, 15) is 14.0 Å². The molecule has 6 nitrogen and oxygen atoms in total. The molecule has 0 unspecified atom stereocenters. The molecule has 0 aliphatic carbocycles. The van der Waals surface area contributed by atoms with Gasteiger partial charge in [-0.25, -0.2) is 4.39 Å². The van der Waals surface area contributed by atoms with Crippen molar-refractivity contribution in [1.82, 2.24) is 0 Å². The number of methoxy groups -OCH3 is 2. The Morgan fingerprint density at radius 2 is 1.81 bits per heavy atom. The second kappa shape index (κ2) is 7.07. The lowest BCUT2D eigenvalue weighted by Crippen LogP contribution is -2.28. The Hall–Kier alpha value is -1.36. The Bertz CT molecular complexity index is 633. The number of hydrogen-bond acceptors (Lipinski definition) is 4. The predicted octanol–water partition coefficient (Wildman–Crippen LogP) is 1.53. The SMILES string of the molecule is COC(=C(C(N)=O)C(N)=O)c1cc(Br)c(OC)c(I)c1F. The molecule has 0 saturated carbocycles. The van der Waals surface area contributed by atoms with Crippen molar-refractivity contribution in [3.8, 4) is 5.75 Å². The molecule has 0 heterocycles. The molecule has 0 bridgehead atoms. The van der Waals surface area contributed by atoms with E-state index in [4.69, 9.17) is 20.9 Å². The lowest BCUT2D eigenvalue weighted by Gasteiger charge is -2.14. The molecule has 0 atom stereocenters. The van der Waals surface area contributed by atoms with E-state index in [0.717, 1.165) is 0 Å². The van der Waals surface area contributed by atoms with Crippen LogP contribution in [0.2, 0.25) is 0 Å². The summed E-state index contributed by atoms with van der Waals surface area (Å²) in [5.41, 5.74) is 9.43. The number of nitrogens with two attached hydrogens (primary N) is 2. The summed E-state index contributed by atoms with van der Waals surface area (Å²) in [5, 5.41) is 0. The smallest absolute Gasteiger partial charge is 0.258 e. The van der Waals surface area contributed by atoms with E-state index >= 15 is 0 Å². The second-order valence-electron chi connectivity index (χ2n) is 3.70. The molecule has 0 aliphatic rings. The third kappa shape index (κ3) is 3.46. The predicted molar refractivity (Wildman–Crippen MR) is 85.7 cm³/mol. The van der Waals surface area contributed by atoms with Crippen molar-refractivity contribution in [2.75, 3.05) is 14.2 Å². The fraction of sp³-hybridized carbons (Fsp3) is 0.167. The van der Waals surface area contributed by atoms with Crippen LogP contribution in [0.4, 0.5) is 4.39 Å². The van der Waals surface area contributed by atoms with Crippen molar-refractivity contribution in [3.05, 3.63) is 31.1 Å². The third-order valence-electron chi connectivity index (χ3n) is 2.49. The fourth-order valence-corrected chi connectivity index (χ4v) is 3.38. The molecule has 0 fully saturated rings. The number of rotatable bonds is 5. The zero-order valence-electron chi connectivity index (χ0n) is 11.0. The maximum Gasteiger partial charge on any atom is 0.258 e. The average molecular weight is 473 g/mol. The molecular formula is C12H11BrFIN2O4. The molecule has 0 radical (unpaired) electrons. The number of carbonyl (C=O) groups is 2. The van der Waals surface area contributed by atoms with Gasteiger partial charge in [-0.05, 0) is 44.6 Å². The zero-order chi connectivity index (χ0) is 16.3. The number of halogens is 3. The first-order chi connectivity index (χ1) is 9.76. The minimum atomic E-state index is -1.11. The first-order valence-corrected chi connectivity index (χ1v) is 7.23. The van der Waals surface area contributed by atoms with Gasteiger partial charge in [-0.1, -0.05) is 0 Å². The van der Waals surface area contributed by atoms with Gasteiger partial charge in [0.15, 0.2) is 5.82 Å². The van der Waals surface area contributed by atoms with Crippen LogP contribution in [0.15, 0.2) is 16.1 Å². The molecular weight excluding hydrogens is 462 g/mol. The van der Waals surface area contributed by atoms with Crippen molar-refractivity contribution in [3.63, 3.8) is 0 Å². The van der Waals surface area contributed by atoms with Crippen LogP contribution in [0.5, 0.6) is 5.75 Å². The summed E-state index contributed by atoms with van der Waals surface area (Å²) in [5.74, 6) is -3.02. The highest BCUT2D eigenvalue weighted by molar-refractivity contribution is 14.1. The molecule has 4 N–H and O–H groups in total. The van der Waals surface area contributed by atoms with Crippen LogP contribution in [0.1, 0.15) is 5.56 Å². The van der Waals surface area contributed by atoms with Crippen molar-refractivity contribution in [1.29, 1.82) is 0 Å². The number of hydrogen-bond donors (Lipinski definition) is 2. The highest BCUT2D eigenvalue weighted by atomic mass is 127. The maximum atomic E-state index is 14.4. The number of ether oxygens (including phenoxy) is 2. The quantitative estimate of drug-likeness (QED) is 0.169. The first-order valence-electron chi connectivity index (χ1n) is 5.35. The van der Waals surface area contributed by atoms with Gasteiger partial charge in [0.05, 0.1) is 27.8 Å². The normalized spacial score (nSPS) is 9.95. The molecule has 21 heavy (non-hydrogen) atoms. The molecule has 114 valence electrons. The topological polar surface area (TPSA) is 105 Å². The standard InChI is InChI=1S/C12H11BrFIN2O4/c1-20-9(6(11(16)18)12(17)19)4-3-5(13)10(21-2)8(15)7(4)14/h3H,1-2H3,(H2,16,18)(H2,17,19). The molecule has 1 aromatic rings. The first kappa shape index (κ1) is 17.7. The Kier molecular flexibility index (Phi) is 5.96. The maximum absolute atomic E-state index is 14.4. The van der Waals surface area contributed by atoms with Gasteiger partial charge < -0.3 is 20.9 Å². The van der Waals surface area contributed by atoms with Crippen molar-refractivity contribution in [2.24, 2.45) is 11.5 Å². The van der Waals surface area contributed by atoms with Gasteiger partial charge in [0, 0.05) is 0 Å². The summed E-state index contributed by atoms with van der Waals surface area (Å²) in [6.07, 6.45) is 0. The van der Waals surface area contributed by atoms with E-state index in [1.165, 1.54) is 20.3 Å². The van der Waals surface area contributed by atoms with Crippen LogP contribution in [0.3, 0.4) is 0 Å². The molecule has 1 rings (SSSR count). The Labute approximate surface area is 141 Å². The van der Waals surface area contributed by atoms with E-state index in [-0.39, 0.29) is 20.6 Å². The third-order valence-corrected chi connectivity index (χ3v) is 4.04. The largest absolute Gasteiger partial charge is 0.495 e. The summed E-state index contributed by atoms with van der Waals surface area (Å²) in [6.45, 7) is 0. The van der Waals surface area contributed by atoms with Gasteiger partial charge in [0.25, 0.3) is 11.8 Å². The van der Waals surface area contributed by atoms with E-state index < -0.39 is 23.2 Å². The Morgan fingerprint density at radius 1 is 1.29 bits per heavy atom. The van der Waals surface area contributed by atoms with Crippen LogP contribution in [-0.2, 0) is 14.3 Å². The van der Waals surface area contributed by atoms with Crippen LogP contribution >= 0.6 is 38.5 Å². The van der Waals surface area contributed by atoms with E-state index in [0.29, 0.717) is 4.47 Å². The van der Waals surface area contributed by atoms with Crippen LogP contribution in [0.25, 0.3) is 5.76 Å². The second-order valence-corrected chi connectivity index (χ2v) is 5.64. The Morgan fingerprint density at radius 3 is 2.19 bits per heavy atom. The molecule has 2 amide bonds. The summed E-state index contributed by atoms with van der Waals surface area (Å²) in [4.78, 5) is 22.7. The molecule has 0 spiro atoms. The summed E-state index contributed by atoms with van der Waals surface area (Å²) < 4.78 is 25.0. The highest BCUT2D eigenvalue weighted by Crippen LogP contribution is 2.37. The lowest BCUT2D eigenvalue weighted by atomic mass is 10.1. The van der Waals surface area contributed by atoms with Gasteiger partial charge in [-0.2, -0.15) is 0 Å². The number of carbonyl (C=O) groups excluding carboxylic acids is 2. The van der Waals surface area contributed by atoms with Gasteiger partial charge in [0.2, 0.25) is 0 Å². The monoisotopic (exact) mass is 472 g/mol. The van der Waals surface area contributed by atoms with Gasteiger partial charge in [-0.3, -0.25) is 9.59 Å². The van der Waals surface area contributed by atoms with Gasteiger partial charge in [0.1, 0.15) is 17.1 Å². The molecule has 0 aliphatic heterocycles. The average Bonchev–Trinajstić information content (AvgIpc) is 2.40. The number of amides is 2. The van der Waals surface area contributed by atoms with Crippen LogP contribution in [0, 0.1) is 9.39 Å². The van der Waals surface area contributed by atoms with Crippen LogP contribution in [-0.4, -0.2) is 26.0 Å². The minimum absolute atomic E-state index is 0.137. The highest BCUT2D eigenvalue weighted by Gasteiger charge is 2.26. The zero-order valence-corrected chi connectivity index (χ0v) is 14.7. The molecule has 9 heteroatoms. The molecule has 1 aromatic carbocycles. The van der Waals surface area contributed by atoms with Gasteiger partial charge >= 0.3 is 0 Å². The fourth-order valence-electron chi connectivity index (χ4n) is 1.62. The van der Waals surface area contributed by atoms with Crippen LogP contribution < -0.4 is 16.2 Å². The van der Waals surface area contributed by atoms with E-state index in [1.54, 1.807) is 22.6 Å². The van der Waals surface area contributed by atoms with Crippen molar-refractivity contribution >= 4 is 56.1 Å². The summed E-state index contributed by atoms with van der Waals surface area (Å²) in [6, 6.07) is 1.31. The van der Waals surface area contributed by atoms with Crippen molar-refractivity contribution < 1.29 is 23.5 Å². The Balaban J connectivity index is 3.75. The molecule has 0 saturated heterocycles.